The van der Waals surface area contributed by atoms with Gasteiger partial charge in [-0.05, 0) is 38.5 Å². The molecule has 0 radical (unpaired) electrons. The van der Waals surface area contributed by atoms with Crippen LogP contribution in [-0.4, -0.2) is 88.4 Å². The number of carboxylic acid groups (broad SMARTS) is 1. The Hall–Kier alpha value is -2.05. The Morgan fingerprint density at radius 3 is 1.18 bits per heavy atom. The molecule has 1 fully saturated rings. The molecule has 1 heterocycles. The molecule has 388 valence electrons. The molecule has 0 saturated carbocycles. The number of carboxylic acids is 1. The van der Waals surface area contributed by atoms with E-state index < -0.39 is 54.7 Å². The van der Waals surface area contributed by atoms with Crippen molar-refractivity contribution in [1.29, 1.82) is 0 Å². The van der Waals surface area contributed by atoms with Crippen LogP contribution in [0.1, 0.15) is 271 Å². The van der Waals surface area contributed by atoms with Gasteiger partial charge in [-0.2, -0.15) is 0 Å². The minimum atomic E-state index is -1.86. The van der Waals surface area contributed by atoms with E-state index in [4.69, 9.17) is 18.9 Å². The molecule has 11 heteroatoms. The van der Waals surface area contributed by atoms with Crippen molar-refractivity contribution in [2.24, 2.45) is 0 Å². The van der Waals surface area contributed by atoms with Crippen molar-refractivity contribution in [2.75, 3.05) is 13.2 Å². The van der Waals surface area contributed by atoms with E-state index in [-0.39, 0.29) is 26.1 Å². The summed E-state index contributed by atoms with van der Waals surface area (Å²) in [4.78, 5) is 37.1. The van der Waals surface area contributed by atoms with Crippen molar-refractivity contribution >= 4 is 17.9 Å². The molecule has 6 atom stereocenters. The molecule has 0 aromatic heterocycles. The zero-order valence-electron chi connectivity index (χ0n) is 42.5. The first-order chi connectivity index (χ1) is 32.2. The van der Waals surface area contributed by atoms with Gasteiger partial charge in [0.05, 0.1) is 6.61 Å². The highest BCUT2D eigenvalue weighted by atomic mass is 16.7. The van der Waals surface area contributed by atoms with E-state index in [1.807, 2.05) is 0 Å². The first kappa shape index (κ1) is 62.0. The summed E-state index contributed by atoms with van der Waals surface area (Å²) >= 11 is 0. The molecule has 1 aliphatic rings. The molecule has 0 spiro atoms. The number of hydrogen-bond donors (Lipinski definition) is 4. The summed E-state index contributed by atoms with van der Waals surface area (Å²) in [5.74, 6) is -2.42. The third-order valence-corrected chi connectivity index (χ3v) is 13.1. The van der Waals surface area contributed by atoms with Crippen molar-refractivity contribution in [2.45, 2.75) is 307 Å². The van der Waals surface area contributed by atoms with Gasteiger partial charge in [0.1, 0.15) is 24.9 Å². The summed E-state index contributed by atoms with van der Waals surface area (Å²) in [5, 5.41) is 40.0. The largest absolute Gasteiger partial charge is 0.479 e. The Morgan fingerprint density at radius 2 is 0.803 bits per heavy atom. The van der Waals surface area contributed by atoms with Crippen LogP contribution in [-0.2, 0) is 33.3 Å². The molecule has 1 rings (SSSR count). The number of aliphatic hydroxyl groups excluding tert-OH is 3. The average Bonchev–Trinajstić information content (AvgIpc) is 3.30. The van der Waals surface area contributed by atoms with Crippen molar-refractivity contribution < 1.29 is 53.8 Å². The van der Waals surface area contributed by atoms with Gasteiger partial charge in [0, 0.05) is 12.8 Å². The van der Waals surface area contributed by atoms with Crippen LogP contribution in [0.4, 0.5) is 0 Å². The van der Waals surface area contributed by atoms with Crippen LogP contribution in [0.3, 0.4) is 0 Å². The molecule has 4 N–H and O–H groups in total. The van der Waals surface area contributed by atoms with Crippen molar-refractivity contribution in [3.63, 3.8) is 0 Å². The summed E-state index contributed by atoms with van der Waals surface area (Å²) < 4.78 is 21.9. The molecule has 0 aromatic rings. The Kier molecular flexibility index (Phi) is 42.6. The summed E-state index contributed by atoms with van der Waals surface area (Å²) in [7, 11) is 0. The number of allylic oxidation sites excluding steroid dienone is 2. The van der Waals surface area contributed by atoms with Gasteiger partial charge in [-0.15, -0.1) is 0 Å². The first-order valence-corrected chi connectivity index (χ1v) is 27.7. The number of carbonyl (C=O) groups is 3. The van der Waals surface area contributed by atoms with Crippen LogP contribution in [0.15, 0.2) is 12.2 Å². The minimum Gasteiger partial charge on any atom is -0.479 e. The lowest BCUT2D eigenvalue weighted by atomic mass is 9.99. The predicted octanol–water partition coefficient (Wildman–Crippen LogP) is 13.6. The lowest BCUT2D eigenvalue weighted by Crippen LogP contribution is -2.60. The maximum absolute atomic E-state index is 12.9. The number of aliphatic carboxylic acids is 1. The second kappa shape index (κ2) is 45.4. The summed E-state index contributed by atoms with van der Waals surface area (Å²) in [6, 6.07) is 0. The molecule has 0 bridgehead atoms. The Labute approximate surface area is 403 Å². The van der Waals surface area contributed by atoms with Crippen molar-refractivity contribution in [3.05, 3.63) is 12.2 Å². The van der Waals surface area contributed by atoms with Crippen LogP contribution in [0.2, 0.25) is 0 Å². The van der Waals surface area contributed by atoms with Crippen LogP contribution < -0.4 is 0 Å². The standard InChI is InChI=1S/C55H102O11/c1-3-5-7-9-11-13-15-17-19-21-23-24-26-28-30-32-34-36-38-40-42-44-49(57)65-47(46-64-55-52(60)50(58)51(59)53(66-55)54(61)62)45-63-48(56)43-41-39-37-35-33-31-29-27-25-22-20-18-16-14-12-10-8-6-4-2/h18,20,47,50-53,55,58-60H,3-17,19,21-46H2,1-2H3,(H,61,62)/b20-18-. The fraction of sp³-hybridized carbons (Fsp3) is 0.909. The zero-order chi connectivity index (χ0) is 48.1. The number of carbonyl (C=O) groups excluding carboxylic acids is 2. The number of unbranched alkanes of at least 4 members (excludes halogenated alkanes) is 35. The van der Waals surface area contributed by atoms with Gasteiger partial charge in [-0.1, -0.05) is 231 Å². The third kappa shape index (κ3) is 36.0. The first-order valence-electron chi connectivity index (χ1n) is 27.7. The van der Waals surface area contributed by atoms with Gasteiger partial charge >= 0.3 is 17.9 Å². The lowest BCUT2D eigenvalue weighted by molar-refractivity contribution is -0.298. The van der Waals surface area contributed by atoms with Gasteiger partial charge in [-0.3, -0.25) is 9.59 Å². The summed E-state index contributed by atoms with van der Waals surface area (Å²) in [6.07, 6.45) is 42.6. The van der Waals surface area contributed by atoms with Gasteiger partial charge in [-0.25, -0.2) is 4.79 Å². The lowest BCUT2D eigenvalue weighted by Gasteiger charge is -2.38. The van der Waals surface area contributed by atoms with Crippen LogP contribution >= 0.6 is 0 Å². The second-order valence-electron chi connectivity index (χ2n) is 19.4. The van der Waals surface area contributed by atoms with E-state index in [0.29, 0.717) is 12.8 Å². The highest BCUT2D eigenvalue weighted by Gasteiger charge is 2.47. The molecule has 0 aromatic carbocycles. The van der Waals surface area contributed by atoms with E-state index >= 15 is 0 Å². The fourth-order valence-corrected chi connectivity index (χ4v) is 8.76. The number of ether oxygens (including phenoxy) is 4. The topological polar surface area (TPSA) is 169 Å². The smallest absolute Gasteiger partial charge is 0.335 e. The average molecular weight is 939 g/mol. The molecule has 0 aliphatic carbocycles. The molecule has 1 aliphatic heterocycles. The molecule has 11 nitrogen and oxygen atoms in total. The van der Waals surface area contributed by atoms with Gasteiger partial charge < -0.3 is 39.4 Å². The number of aliphatic hydroxyl groups is 3. The maximum atomic E-state index is 12.9. The monoisotopic (exact) mass is 939 g/mol. The molecule has 66 heavy (non-hydrogen) atoms. The molecule has 0 amide bonds. The summed E-state index contributed by atoms with van der Waals surface area (Å²) in [5.41, 5.74) is 0. The SMILES string of the molecule is CCCCCCCC/C=C\CCCCCCCCCCCC(=O)OCC(COC1OC(C(=O)O)C(O)C(O)C1O)OC(=O)CCCCCCCCCCCCCCCCCCCCCCC. The van der Waals surface area contributed by atoms with Crippen LogP contribution in [0.25, 0.3) is 0 Å². The van der Waals surface area contributed by atoms with E-state index in [2.05, 4.69) is 26.0 Å². The maximum Gasteiger partial charge on any atom is 0.335 e. The molecule has 6 unspecified atom stereocenters. The highest BCUT2D eigenvalue weighted by Crippen LogP contribution is 2.23. The van der Waals surface area contributed by atoms with Crippen LogP contribution in [0.5, 0.6) is 0 Å². The Morgan fingerprint density at radius 1 is 0.455 bits per heavy atom. The number of esters is 2. The minimum absolute atomic E-state index is 0.189. The van der Waals surface area contributed by atoms with E-state index in [0.717, 1.165) is 38.5 Å². The highest BCUT2D eigenvalue weighted by molar-refractivity contribution is 5.73. The molecular weight excluding hydrogens is 837 g/mol. The van der Waals surface area contributed by atoms with Gasteiger partial charge in [0.2, 0.25) is 0 Å². The molecular formula is C55H102O11. The fourth-order valence-electron chi connectivity index (χ4n) is 8.76. The normalized spacial score (nSPS) is 19.1. The van der Waals surface area contributed by atoms with Crippen molar-refractivity contribution in [3.8, 4) is 0 Å². The number of rotatable bonds is 48. The third-order valence-electron chi connectivity index (χ3n) is 13.1. The van der Waals surface area contributed by atoms with Gasteiger partial charge in [0.15, 0.2) is 18.5 Å². The quantitative estimate of drug-likeness (QED) is 0.0260. The molecule has 1 saturated heterocycles. The van der Waals surface area contributed by atoms with E-state index in [1.54, 1.807) is 0 Å². The van der Waals surface area contributed by atoms with Gasteiger partial charge in [0.25, 0.3) is 0 Å². The Balaban J connectivity index is 2.25. The zero-order valence-corrected chi connectivity index (χ0v) is 42.5. The van der Waals surface area contributed by atoms with Crippen molar-refractivity contribution in [1.82, 2.24) is 0 Å². The summed E-state index contributed by atoms with van der Waals surface area (Å²) in [6.45, 7) is 3.86. The Bertz CT molecular complexity index is 1150. The van der Waals surface area contributed by atoms with Crippen LogP contribution in [0, 0.1) is 0 Å². The second-order valence-corrected chi connectivity index (χ2v) is 19.4. The predicted molar refractivity (Wildman–Crippen MR) is 266 cm³/mol. The van der Waals surface area contributed by atoms with E-state index in [1.165, 1.54) is 193 Å². The van der Waals surface area contributed by atoms with E-state index in [9.17, 15) is 34.8 Å². The number of hydrogen-bond acceptors (Lipinski definition) is 10.